The number of nitrogens with one attached hydrogen (secondary N) is 1. The number of amides is 1. The van der Waals surface area contributed by atoms with Crippen molar-refractivity contribution in [2.24, 2.45) is 0 Å². The average Bonchev–Trinajstić information content (AvgIpc) is 3.12. The van der Waals surface area contributed by atoms with E-state index in [1.165, 1.54) is 15.4 Å². The Hall–Kier alpha value is -2.76. The van der Waals surface area contributed by atoms with Crippen LogP contribution in [0, 0.1) is 20.8 Å². The van der Waals surface area contributed by atoms with Crippen LogP contribution in [0.25, 0.3) is 0 Å². The molecule has 1 N–H and O–H groups in total. The van der Waals surface area contributed by atoms with E-state index >= 15 is 0 Å². The third-order valence-electron chi connectivity index (χ3n) is 4.89. The van der Waals surface area contributed by atoms with Crippen molar-refractivity contribution < 1.29 is 26.7 Å². The largest absolute Gasteiger partial charge is 0.416 e. The van der Waals surface area contributed by atoms with Gasteiger partial charge >= 0.3 is 6.18 Å². The highest BCUT2D eigenvalue weighted by atomic mass is 79.9. The Labute approximate surface area is 188 Å². The zero-order chi connectivity index (χ0) is 23.8. The molecule has 3 rings (SSSR count). The molecule has 0 saturated heterocycles. The number of halogens is 6. The van der Waals surface area contributed by atoms with Crippen LogP contribution >= 0.6 is 15.9 Å². The van der Waals surface area contributed by atoms with E-state index in [0.717, 1.165) is 12.1 Å². The molecule has 0 unspecified atom stereocenters. The van der Waals surface area contributed by atoms with Crippen LogP contribution in [0.1, 0.15) is 40.3 Å². The Kier molecular flexibility index (Phi) is 6.72. The van der Waals surface area contributed by atoms with Gasteiger partial charge in [0.25, 0.3) is 6.43 Å². The SMILES string of the molecule is Cc1nn(Cc2cccc(C(F)(F)F)c2)c(C)c1NC(=O)Cn1nc(C(F)F)c(Br)c1C. The van der Waals surface area contributed by atoms with E-state index in [1.54, 1.807) is 26.8 Å². The number of alkyl halides is 5. The molecular weight excluding hydrogens is 501 g/mol. The molecule has 0 fully saturated rings. The van der Waals surface area contributed by atoms with Gasteiger partial charge in [-0.2, -0.15) is 23.4 Å². The molecule has 0 radical (unpaired) electrons. The van der Waals surface area contributed by atoms with Crippen molar-refractivity contribution in [2.45, 2.75) is 46.5 Å². The normalized spacial score (nSPS) is 11.9. The van der Waals surface area contributed by atoms with Gasteiger partial charge in [-0.05, 0) is 54.4 Å². The second-order valence-electron chi connectivity index (χ2n) is 7.19. The van der Waals surface area contributed by atoms with Crippen molar-refractivity contribution in [3.05, 3.63) is 62.6 Å². The van der Waals surface area contributed by atoms with Gasteiger partial charge in [-0.1, -0.05) is 12.1 Å². The predicted octanol–water partition coefficient (Wildman–Crippen LogP) is 5.41. The standard InChI is InChI=1S/C20H19BrF5N5O/c1-10-17(27-15(32)9-31-11(2)16(21)18(29-31)19(22)23)12(3)30(28-10)8-13-5-4-6-14(7-13)20(24,25)26/h4-7,19H,8-9H2,1-3H3,(H,27,32). The van der Waals surface area contributed by atoms with E-state index in [9.17, 15) is 26.7 Å². The van der Waals surface area contributed by atoms with Gasteiger partial charge in [0.1, 0.15) is 12.2 Å². The summed E-state index contributed by atoms with van der Waals surface area (Å²) >= 11 is 3.05. The maximum atomic E-state index is 13.0. The Morgan fingerprint density at radius 2 is 1.81 bits per heavy atom. The number of rotatable bonds is 6. The van der Waals surface area contributed by atoms with Crippen LogP contribution in [-0.4, -0.2) is 25.5 Å². The lowest BCUT2D eigenvalue weighted by Crippen LogP contribution is -2.21. The molecule has 0 aliphatic heterocycles. The van der Waals surface area contributed by atoms with E-state index in [4.69, 9.17) is 0 Å². The summed E-state index contributed by atoms with van der Waals surface area (Å²) in [6.07, 6.45) is -7.24. The van der Waals surface area contributed by atoms with Crippen molar-refractivity contribution in [3.63, 3.8) is 0 Å². The van der Waals surface area contributed by atoms with Crippen molar-refractivity contribution in [1.82, 2.24) is 19.6 Å². The first-order valence-electron chi connectivity index (χ1n) is 9.39. The third kappa shape index (κ3) is 5.00. The van der Waals surface area contributed by atoms with Crippen LogP contribution in [0.15, 0.2) is 28.7 Å². The van der Waals surface area contributed by atoms with Gasteiger partial charge in [0.05, 0.1) is 39.4 Å². The number of benzene rings is 1. The summed E-state index contributed by atoms with van der Waals surface area (Å²) < 4.78 is 67.7. The lowest BCUT2D eigenvalue weighted by molar-refractivity contribution is -0.137. The van der Waals surface area contributed by atoms with Crippen molar-refractivity contribution >= 4 is 27.5 Å². The van der Waals surface area contributed by atoms with E-state index in [0.29, 0.717) is 28.3 Å². The molecule has 0 bridgehead atoms. The number of anilines is 1. The van der Waals surface area contributed by atoms with Crippen molar-refractivity contribution in [3.8, 4) is 0 Å². The number of aryl methyl sites for hydroxylation is 1. The first-order chi connectivity index (χ1) is 14.9. The van der Waals surface area contributed by atoms with Gasteiger partial charge in [-0.25, -0.2) is 8.78 Å². The fourth-order valence-corrected chi connectivity index (χ4v) is 3.66. The molecule has 3 aromatic rings. The number of aromatic nitrogens is 4. The maximum Gasteiger partial charge on any atom is 0.416 e. The number of carbonyl (C=O) groups is 1. The highest BCUT2D eigenvalue weighted by Gasteiger charge is 2.30. The minimum absolute atomic E-state index is 0.0788. The lowest BCUT2D eigenvalue weighted by atomic mass is 10.1. The zero-order valence-corrected chi connectivity index (χ0v) is 18.9. The van der Waals surface area contributed by atoms with E-state index in [1.807, 2.05) is 0 Å². The fraction of sp³-hybridized carbons (Fsp3) is 0.350. The van der Waals surface area contributed by atoms with Gasteiger partial charge in [0, 0.05) is 0 Å². The highest BCUT2D eigenvalue weighted by Crippen LogP contribution is 2.31. The highest BCUT2D eigenvalue weighted by molar-refractivity contribution is 9.10. The second kappa shape index (κ2) is 9.00. The predicted molar refractivity (Wildman–Crippen MR) is 110 cm³/mol. The van der Waals surface area contributed by atoms with Gasteiger partial charge in [0.15, 0.2) is 0 Å². The molecule has 1 aromatic carbocycles. The summed E-state index contributed by atoms with van der Waals surface area (Å²) in [6.45, 7) is 4.66. The number of nitrogens with zero attached hydrogens (tertiary/aromatic N) is 4. The third-order valence-corrected chi connectivity index (χ3v) is 5.87. The molecule has 6 nitrogen and oxygen atoms in total. The van der Waals surface area contributed by atoms with Crippen molar-refractivity contribution in [1.29, 1.82) is 0 Å². The van der Waals surface area contributed by atoms with Gasteiger partial charge in [-0.15, -0.1) is 0 Å². The molecule has 1 amide bonds. The molecule has 172 valence electrons. The Bertz CT molecular complexity index is 1150. The lowest BCUT2D eigenvalue weighted by Gasteiger charge is -2.10. The molecule has 0 aliphatic rings. The zero-order valence-electron chi connectivity index (χ0n) is 17.3. The number of carbonyl (C=O) groups excluding carboxylic acids is 1. The minimum Gasteiger partial charge on any atom is -0.321 e. The van der Waals surface area contributed by atoms with E-state index in [2.05, 4.69) is 31.4 Å². The summed E-state index contributed by atoms with van der Waals surface area (Å²) in [5, 5.41) is 10.8. The maximum absolute atomic E-state index is 13.0. The van der Waals surface area contributed by atoms with Crippen LogP contribution in [0.2, 0.25) is 0 Å². The molecule has 12 heteroatoms. The van der Waals surface area contributed by atoms with Crippen molar-refractivity contribution in [2.75, 3.05) is 5.32 Å². The summed E-state index contributed by atoms with van der Waals surface area (Å²) in [7, 11) is 0. The molecule has 32 heavy (non-hydrogen) atoms. The molecule has 0 aliphatic carbocycles. The molecule has 2 heterocycles. The Morgan fingerprint density at radius 1 is 1.12 bits per heavy atom. The minimum atomic E-state index is -4.45. The summed E-state index contributed by atoms with van der Waals surface area (Å²) in [5.41, 5.74) is 0.990. The first kappa shape index (κ1) is 23.9. The summed E-state index contributed by atoms with van der Waals surface area (Å²) in [6, 6.07) is 4.92. The van der Waals surface area contributed by atoms with E-state index in [-0.39, 0.29) is 17.6 Å². The first-order valence-corrected chi connectivity index (χ1v) is 10.2. The second-order valence-corrected chi connectivity index (χ2v) is 7.99. The topological polar surface area (TPSA) is 64.7 Å². The van der Waals surface area contributed by atoms with Gasteiger partial charge < -0.3 is 5.32 Å². The van der Waals surface area contributed by atoms with Crippen LogP contribution in [0.5, 0.6) is 0 Å². The smallest absolute Gasteiger partial charge is 0.321 e. The quantitative estimate of drug-likeness (QED) is 0.443. The Morgan fingerprint density at radius 3 is 2.41 bits per heavy atom. The summed E-state index contributed by atoms with van der Waals surface area (Å²) in [4.78, 5) is 12.5. The average molecular weight is 520 g/mol. The molecule has 0 spiro atoms. The fourth-order valence-electron chi connectivity index (χ4n) is 3.21. The monoisotopic (exact) mass is 519 g/mol. The van der Waals surface area contributed by atoms with Crippen LogP contribution < -0.4 is 5.32 Å². The summed E-state index contributed by atoms with van der Waals surface area (Å²) in [5.74, 6) is -0.506. The van der Waals surface area contributed by atoms with E-state index < -0.39 is 29.8 Å². The molecule has 0 saturated carbocycles. The number of hydrogen-bond donors (Lipinski definition) is 1. The molecular formula is C20H19BrF5N5O. The van der Waals surface area contributed by atoms with Gasteiger partial charge in [-0.3, -0.25) is 14.2 Å². The van der Waals surface area contributed by atoms with Crippen LogP contribution in [0.3, 0.4) is 0 Å². The molecule has 0 atom stereocenters. The van der Waals surface area contributed by atoms with Crippen LogP contribution in [-0.2, 0) is 24.1 Å². The Balaban J connectivity index is 1.77. The molecule has 2 aromatic heterocycles. The number of hydrogen-bond acceptors (Lipinski definition) is 3. The van der Waals surface area contributed by atoms with Crippen LogP contribution in [0.4, 0.5) is 27.6 Å². The van der Waals surface area contributed by atoms with Gasteiger partial charge in [0.2, 0.25) is 5.91 Å².